The number of hydrogen-bond acceptors (Lipinski definition) is 4. The van der Waals surface area contributed by atoms with Gasteiger partial charge in [0.2, 0.25) is 0 Å². The summed E-state index contributed by atoms with van der Waals surface area (Å²) in [6.07, 6.45) is 3.42. The molecule has 6 nitrogen and oxygen atoms in total. The Hall–Kier alpha value is -3.64. The molecule has 0 spiro atoms. The summed E-state index contributed by atoms with van der Waals surface area (Å²) in [5.74, 6) is 0.335. The first kappa shape index (κ1) is 18.7. The lowest BCUT2D eigenvalue weighted by molar-refractivity contribution is 0.0951. The van der Waals surface area contributed by atoms with Gasteiger partial charge >= 0.3 is 0 Å². The van der Waals surface area contributed by atoms with Crippen molar-refractivity contribution in [2.24, 2.45) is 0 Å². The number of halogens is 1. The molecule has 0 atom stereocenters. The van der Waals surface area contributed by atoms with Crippen molar-refractivity contribution in [2.45, 2.75) is 6.54 Å². The second-order valence-corrected chi connectivity index (χ2v) is 6.90. The van der Waals surface area contributed by atoms with Crippen LogP contribution in [0.4, 0.5) is 5.82 Å². The molecule has 0 saturated carbocycles. The van der Waals surface area contributed by atoms with Crippen LogP contribution in [0.3, 0.4) is 0 Å². The molecule has 2 aromatic carbocycles. The average molecular weight is 404 g/mol. The van der Waals surface area contributed by atoms with Gasteiger partial charge in [-0.25, -0.2) is 4.68 Å². The molecule has 0 saturated heterocycles. The van der Waals surface area contributed by atoms with Crippen LogP contribution in [0.15, 0.2) is 79.1 Å². The van der Waals surface area contributed by atoms with Crippen LogP contribution in [0.1, 0.15) is 15.9 Å². The highest BCUT2D eigenvalue weighted by atomic mass is 35.5. The molecule has 0 bridgehead atoms. The zero-order valence-electron chi connectivity index (χ0n) is 15.4. The van der Waals surface area contributed by atoms with Crippen LogP contribution >= 0.6 is 11.6 Å². The molecule has 1 amide bonds. The minimum atomic E-state index is -0.159. The van der Waals surface area contributed by atoms with Gasteiger partial charge in [0.1, 0.15) is 5.82 Å². The summed E-state index contributed by atoms with van der Waals surface area (Å²) in [5, 5.41) is 8.08. The number of benzene rings is 2. The molecule has 0 aliphatic carbocycles. The van der Waals surface area contributed by atoms with Gasteiger partial charge in [-0.1, -0.05) is 29.8 Å². The average Bonchev–Trinajstić information content (AvgIpc) is 3.14. The zero-order valence-corrected chi connectivity index (χ0v) is 16.2. The fourth-order valence-corrected chi connectivity index (χ4v) is 3.12. The van der Waals surface area contributed by atoms with E-state index in [2.05, 4.69) is 15.4 Å². The number of hydrogen-bond donors (Lipinski definition) is 2. The fraction of sp³-hybridized carbons (Fsp3) is 0.0455. The van der Waals surface area contributed by atoms with Gasteiger partial charge in [0, 0.05) is 41.2 Å². The van der Waals surface area contributed by atoms with E-state index >= 15 is 0 Å². The molecule has 0 radical (unpaired) electrons. The molecule has 2 heterocycles. The third-order valence-electron chi connectivity index (χ3n) is 4.41. The van der Waals surface area contributed by atoms with E-state index in [1.165, 1.54) is 0 Å². The minimum absolute atomic E-state index is 0.159. The summed E-state index contributed by atoms with van der Waals surface area (Å²) < 4.78 is 1.63. The van der Waals surface area contributed by atoms with Gasteiger partial charge in [0.05, 0.1) is 11.4 Å². The number of aromatic nitrogens is 3. The maximum atomic E-state index is 12.4. The molecule has 3 N–H and O–H groups in total. The van der Waals surface area contributed by atoms with E-state index in [9.17, 15) is 4.79 Å². The predicted molar refractivity (Wildman–Crippen MR) is 114 cm³/mol. The lowest BCUT2D eigenvalue weighted by Gasteiger charge is -2.07. The number of pyridine rings is 1. The monoisotopic (exact) mass is 403 g/mol. The predicted octanol–water partition coefficient (Wildman–Crippen LogP) is 4.10. The van der Waals surface area contributed by atoms with Gasteiger partial charge < -0.3 is 11.1 Å². The maximum Gasteiger partial charge on any atom is 0.251 e. The Bertz CT molecular complexity index is 1140. The SMILES string of the molecule is Nc1cc(-c2cccc(Cl)c2)nn1-c1ccc(C(=O)NCc2cccnc2)cc1. The zero-order chi connectivity index (χ0) is 20.2. The summed E-state index contributed by atoms with van der Waals surface area (Å²) in [5.41, 5.74) is 10.0. The summed E-state index contributed by atoms with van der Waals surface area (Å²) in [4.78, 5) is 16.4. The molecule has 29 heavy (non-hydrogen) atoms. The Morgan fingerprint density at radius 1 is 1.07 bits per heavy atom. The summed E-state index contributed by atoms with van der Waals surface area (Å²) in [7, 11) is 0. The molecule has 0 aliphatic rings. The van der Waals surface area contributed by atoms with Crippen molar-refractivity contribution in [3.8, 4) is 16.9 Å². The molecular weight excluding hydrogens is 386 g/mol. The van der Waals surface area contributed by atoms with Gasteiger partial charge in [-0.3, -0.25) is 9.78 Å². The Labute approximate surface area is 173 Å². The lowest BCUT2D eigenvalue weighted by Crippen LogP contribution is -2.22. The highest BCUT2D eigenvalue weighted by Gasteiger charge is 2.11. The van der Waals surface area contributed by atoms with Gasteiger partial charge in [0.15, 0.2) is 0 Å². The second kappa shape index (κ2) is 8.16. The van der Waals surface area contributed by atoms with E-state index in [4.69, 9.17) is 17.3 Å². The first-order valence-corrected chi connectivity index (χ1v) is 9.37. The molecule has 7 heteroatoms. The van der Waals surface area contributed by atoms with Crippen LogP contribution in [0.5, 0.6) is 0 Å². The lowest BCUT2D eigenvalue weighted by atomic mass is 10.1. The number of nitrogens with one attached hydrogen (secondary N) is 1. The first-order chi connectivity index (χ1) is 14.1. The van der Waals surface area contributed by atoms with Crippen molar-refractivity contribution in [3.63, 3.8) is 0 Å². The molecule has 4 aromatic rings. The normalized spacial score (nSPS) is 10.7. The summed E-state index contributed by atoms with van der Waals surface area (Å²) in [6.45, 7) is 0.420. The third-order valence-corrected chi connectivity index (χ3v) is 4.64. The largest absolute Gasteiger partial charge is 0.384 e. The quantitative estimate of drug-likeness (QED) is 0.525. The first-order valence-electron chi connectivity index (χ1n) is 8.99. The van der Waals surface area contributed by atoms with E-state index in [-0.39, 0.29) is 5.91 Å². The molecule has 144 valence electrons. The summed E-state index contributed by atoms with van der Waals surface area (Å²) >= 11 is 6.06. The number of amides is 1. The van der Waals surface area contributed by atoms with Crippen LogP contribution < -0.4 is 11.1 Å². The van der Waals surface area contributed by atoms with Crippen molar-refractivity contribution >= 4 is 23.3 Å². The van der Waals surface area contributed by atoms with Crippen LogP contribution in [0.25, 0.3) is 16.9 Å². The molecular formula is C22H18ClN5O. The van der Waals surface area contributed by atoms with Crippen molar-refractivity contribution in [1.29, 1.82) is 0 Å². The number of carbonyl (C=O) groups excluding carboxylic acids is 1. The molecule has 4 rings (SSSR count). The van der Waals surface area contributed by atoms with Gasteiger partial charge in [-0.2, -0.15) is 5.10 Å². The standard InChI is InChI=1S/C22H18ClN5O/c23-18-5-1-4-17(11-18)20-12-21(24)28(27-20)19-8-6-16(7-9-19)22(29)26-14-15-3-2-10-25-13-15/h1-13H,14,24H2,(H,26,29). The van der Waals surface area contributed by atoms with Gasteiger partial charge in [0.25, 0.3) is 5.91 Å². The fourth-order valence-electron chi connectivity index (χ4n) is 2.93. The van der Waals surface area contributed by atoms with Gasteiger partial charge in [-0.05, 0) is 48.0 Å². The number of anilines is 1. The van der Waals surface area contributed by atoms with E-state index in [0.717, 1.165) is 22.5 Å². The van der Waals surface area contributed by atoms with Gasteiger partial charge in [-0.15, -0.1) is 0 Å². The van der Waals surface area contributed by atoms with E-state index in [1.807, 2.05) is 48.5 Å². The second-order valence-electron chi connectivity index (χ2n) is 6.47. The Balaban J connectivity index is 1.50. The van der Waals surface area contributed by atoms with E-state index in [0.29, 0.717) is 22.9 Å². The van der Waals surface area contributed by atoms with Crippen molar-refractivity contribution in [1.82, 2.24) is 20.1 Å². The molecule has 0 unspecified atom stereocenters. The van der Waals surface area contributed by atoms with Crippen molar-refractivity contribution in [3.05, 3.63) is 95.3 Å². The topological polar surface area (TPSA) is 85.8 Å². The minimum Gasteiger partial charge on any atom is -0.384 e. The van der Waals surface area contributed by atoms with Crippen LogP contribution in [-0.4, -0.2) is 20.7 Å². The third kappa shape index (κ3) is 4.28. The Morgan fingerprint density at radius 2 is 1.90 bits per heavy atom. The van der Waals surface area contributed by atoms with Crippen LogP contribution in [0, 0.1) is 0 Å². The van der Waals surface area contributed by atoms with Crippen LogP contribution in [0.2, 0.25) is 5.02 Å². The smallest absolute Gasteiger partial charge is 0.251 e. The van der Waals surface area contributed by atoms with Crippen molar-refractivity contribution < 1.29 is 4.79 Å². The van der Waals surface area contributed by atoms with Crippen LogP contribution in [-0.2, 0) is 6.54 Å². The molecule has 0 fully saturated rings. The number of nitrogen functional groups attached to an aromatic ring is 1. The number of carbonyl (C=O) groups is 1. The van der Waals surface area contributed by atoms with E-state index in [1.54, 1.807) is 35.3 Å². The Morgan fingerprint density at radius 3 is 2.62 bits per heavy atom. The maximum absolute atomic E-state index is 12.4. The highest BCUT2D eigenvalue weighted by Crippen LogP contribution is 2.25. The molecule has 0 aliphatic heterocycles. The molecule has 2 aromatic heterocycles. The Kier molecular flexibility index (Phi) is 5.27. The van der Waals surface area contributed by atoms with Crippen molar-refractivity contribution in [2.75, 3.05) is 5.73 Å². The summed E-state index contributed by atoms with van der Waals surface area (Å²) in [6, 6.07) is 20.1. The number of rotatable bonds is 5. The number of nitrogens with zero attached hydrogens (tertiary/aromatic N) is 3. The van der Waals surface area contributed by atoms with E-state index < -0.39 is 0 Å². The number of nitrogens with two attached hydrogens (primary N) is 1. The highest BCUT2D eigenvalue weighted by molar-refractivity contribution is 6.30.